The zero-order chi connectivity index (χ0) is 22.4. The molecular formula is C22H28N4O5. The highest BCUT2D eigenvalue weighted by molar-refractivity contribution is 6.09. The van der Waals surface area contributed by atoms with Gasteiger partial charge in [0.2, 0.25) is 11.5 Å². The molecule has 1 amide bonds. The SMILES string of the molecule is CCCCCN(C(=O)OCC)c1c(C(=O)OCC)oc2ncc(-c3cnn(C)c3)cc12. The molecule has 31 heavy (non-hydrogen) atoms. The third-order valence-electron chi connectivity index (χ3n) is 4.76. The second-order valence-electron chi connectivity index (χ2n) is 7.04. The molecule has 9 nitrogen and oxygen atoms in total. The van der Waals surface area contributed by atoms with E-state index in [0.29, 0.717) is 17.6 Å². The maximum absolute atomic E-state index is 12.8. The van der Waals surface area contributed by atoms with Gasteiger partial charge in [0, 0.05) is 37.1 Å². The summed E-state index contributed by atoms with van der Waals surface area (Å²) in [5.74, 6) is -0.708. The van der Waals surface area contributed by atoms with E-state index in [1.165, 1.54) is 4.90 Å². The van der Waals surface area contributed by atoms with Crippen molar-refractivity contribution < 1.29 is 23.5 Å². The first kappa shape index (κ1) is 22.3. The van der Waals surface area contributed by atoms with Gasteiger partial charge in [0.05, 0.1) is 24.8 Å². The molecule has 0 fully saturated rings. The Balaban J connectivity index is 2.17. The summed E-state index contributed by atoms with van der Waals surface area (Å²) < 4.78 is 17.9. The van der Waals surface area contributed by atoms with Gasteiger partial charge in [-0.15, -0.1) is 0 Å². The molecule has 3 aromatic rings. The lowest BCUT2D eigenvalue weighted by Crippen LogP contribution is -2.33. The fourth-order valence-corrected chi connectivity index (χ4v) is 3.32. The number of unbranched alkanes of at least 4 members (excludes halogenated alkanes) is 2. The van der Waals surface area contributed by atoms with Crippen molar-refractivity contribution in [2.24, 2.45) is 7.05 Å². The van der Waals surface area contributed by atoms with Crippen LogP contribution in [0.2, 0.25) is 0 Å². The van der Waals surface area contributed by atoms with Crippen molar-refractivity contribution in [1.29, 1.82) is 0 Å². The monoisotopic (exact) mass is 428 g/mol. The minimum absolute atomic E-state index is 0.0581. The fraction of sp³-hybridized carbons (Fsp3) is 0.455. The zero-order valence-corrected chi connectivity index (χ0v) is 18.4. The second-order valence-corrected chi connectivity index (χ2v) is 7.04. The molecule has 0 saturated carbocycles. The number of hydrogen-bond acceptors (Lipinski definition) is 7. The van der Waals surface area contributed by atoms with Gasteiger partial charge in [-0.1, -0.05) is 19.8 Å². The molecule has 0 saturated heterocycles. The molecule has 3 aromatic heterocycles. The molecule has 0 N–H and O–H groups in total. The maximum Gasteiger partial charge on any atom is 0.414 e. The van der Waals surface area contributed by atoms with Gasteiger partial charge in [-0.25, -0.2) is 14.6 Å². The normalized spacial score (nSPS) is 11.0. The largest absolute Gasteiger partial charge is 0.460 e. The zero-order valence-electron chi connectivity index (χ0n) is 18.4. The van der Waals surface area contributed by atoms with Crippen molar-refractivity contribution in [3.8, 4) is 11.1 Å². The minimum atomic E-state index is -0.650. The Bertz CT molecular complexity index is 1060. The summed E-state index contributed by atoms with van der Waals surface area (Å²) in [4.78, 5) is 31.4. The van der Waals surface area contributed by atoms with Crippen LogP contribution in [0.3, 0.4) is 0 Å². The Kier molecular flexibility index (Phi) is 7.28. The van der Waals surface area contributed by atoms with E-state index in [4.69, 9.17) is 13.9 Å². The predicted molar refractivity (Wildman–Crippen MR) is 116 cm³/mol. The number of furan rings is 1. The quantitative estimate of drug-likeness (QED) is 0.364. The highest BCUT2D eigenvalue weighted by Crippen LogP contribution is 2.36. The Morgan fingerprint density at radius 2 is 1.87 bits per heavy atom. The Morgan fingerprint density at radius 3 is 2.52 bits per heavy atom. The number of rotatable bonds is 9. The molecular weight excluding hydrogens is 400 g/mol. The van der Waals surface area contributed by atoms with Crippen LogP contribution in [0.5, 0.6) is 0 Å². The van der Waals surface area contributed by atoms with Gasteiger partial charge in [0.25, 0.3) is 0 Å². The molecule has 9 heteroatoms. The van der Waals surface area contributed by atoms with Crippen molar-refractivity contribution in [2.45, 2.75) is 40.0 Å². The standard InChI is InChI=1S/C22H28N4O5/c1-5-8-9-10-26(22(28)30-7-3)18-17-11-15(16-13-24-25(4)14-16)12-23-20(17)31-19(18)21(27)29-6-2/h11-14H,5-10H2,1-4H3. The number of fused-ring (bicyclic) bond motifs is 1. The van der Waals surface area contributed by atoms with E-state index in [1.807, 2.05) is 19.3 Å². The number of nitrogens with zero attached hydrogens (tertiary/aromatic N) is 4. The summed E-state index contributed by atoms with van der Waals surface area (Å²) in [5, 5.41) is 4.73. The summed E-state index contributed by atoms with van der Waals surface area (Å²) in [6.07, 6.45) is 7.35. The fourth-order valence-electron chi connectivity index (χ4n) is 3.32. The lowest BCUT2D eigenvalue weighted by atomic mass is 10.1. The van der Waals surface area contributed by atoms with Gasteiger partial charge in [0.1, 0.15) is 5.69 Å². The molecule has 0 radical (unpaired) electrons. The number of esters is 1. The maximum atomic E-state index is 12.8. The highest BCUT2D eigenvalue weighted by atomic mass is 16.6. The molecule has 0 aliphatic carbocycles. The van der Waals surface area contributed by atoms with Crippen LogP contribution >= 0.6 is 0 Å². The van der Waals surface area contributed by atoms with Crippen LogP contribution < -0.4 is 4.90 Å². The summed E-state index contributed by atoms with van der Waals surface area (Å²) in [6, 6.07) is 1.84. The van der Waals surface area contributed by atoms with E-state index in [0.717, 1.165) is 30.4 Å². The van der Waals surface area contributed by atoms with Crippen LogP contribution in [0.15, 0.2) is 29.1 Å². The van der Waals surface area contributed by atoms with Crippen LogP contribution in [-0.4, -0.2) is 46.6 Å². The second kappa shape index (κ2) is 10.1. The molecule has 166 valence electrons. The number of hydrogen-bond donors (Lipinski definition) is 0. The van der Waals surface area contributed by atoms with Gasteiger partial charge >= 0.3 is 12.1 Å². The summed E-state index contributed by atoms with van der Waals surface area (Å²) in [6.45, 7) is 6.31. The smallest absolute Gasteiger partial charge is 0.414 e. The molecule has 0 bridgehead atoms. The van der Waals surface area contributed by atoms with Crippen LogP contribution in [0.25, 0.3) is 22.2 Å². The van der Waals surface area contributed by atoms with Crippen molar-refractivity contribution in [2.75, 3.05) is 24.7 Å². The molecule has 3 heterocycles. The highest BCUT2D eigenvalue weighted by Gasteiger charge is 2.31. The average Bonchev–Trinajstić information content (AvgIpc) is 3.35. The Hall–Kier alpha value is -3.36. The number of aryl methyl sites for hydroxylation is 1. The molecule has 0 atom stereocenters. The molecule has 0 aliphatic rings. The lowest BCUT2D eigenvalue weighted by molar-refractivity contribution is 0.0493. The number of carbonyl (C=O) groups is 2. The average molecular weight is 428 g/mol. The van der Waals surface area contributed by atoms with E-state index in [-0.39, 0.29) is 24.7 Å². The van der Waals surface area contributed by atoms with Crippen LogP contribution in [0, 0.1) is 0 Å². The van der Waals surface area contributed by atoms with Gasteiger partial charge in [-0.2, -0.15) is 5.10 Å². The summed E-state index contributed by atoms with van der Waals surface area (Å²) in [5.41, 5.74) is 2.21. The topological polar surface area (TPSA) is 99.7 Å². The lowest BCUT2D eigenvalue weighted by Gasteiger charge is -2.21. The Morgan fingerprint density at radius 1 is 1.10 bits per heavy atom. The van der Waals surface area contributed by atoms with E-state index < -0.39 is 12.1 Å². The van der Waals surface area contributed by atoms with Gasteiger partial charge in [0.15, 0.2) is 0 Å². The van der Waals surface area contributed by atoms with E-state index in [2.05, 4.69) is 17.0 Å². The molecule has 0 aliphatic heterocycles. The predicted octanol–water partition coefficient (Wildman–Crippen LogP) is 4.56. The van der Waals surface area contributed by atoms with Crippen molar-refractivity contribution in [1.82, 2.24) is 14.8 Å². The van der Waals surface area contributed by atoms with Gasteiger partial charge in [-0.3, -0.25) is 9.58 Å². The van der Waals surface area contributed by atoms with Crippen LogP contribution in [-0.2, 0) is 16.5 Å². The molecule has 0 aromatic carbocycles. The van der Waals surface area contributed by atoms with E-state index >= 15 is 0 Å². The number of anilines is 1. The Labute approximate surface area is 180 Å². The molecule has 0 unspecified atom stereocenters. The number of amides is 1. The first-order valence-electron chi connectivity index (χ1n) is 10.5. The van der Waals surface area contributed by atoms with E-state index in [1.54, 1.807) is 30.9 Å². The van der Waals surface area contributed by atoms with E-state index in [9.17, 15) is 9.59 Å². The first-order chi connectivity index (χ1) is 15.0. The van der Waals surface area contributed by atoms with Crippen molar-refractivity contribution in [3.05, 3.63) is 30.4 Å². The van der Waals surface area contributed by atoms with Gasteiger partial charge in [-0.05, 0) is 26.3 Å². The number of ether oxygens (including phenoxy) is 2. The van der Waals surface area contributed by atoms with Crippen LogP contribution in [0.1, 0.15) is 50.6 Å². The molecule has 0 spiro atoms. The minimum Gasteiger partial charge on any atom is -0.460 e. The first-order valence-corrected chi connectivity index (χ1v) is 10.5. The number of pyridine rings is 1. The van der Waals surface area contributed by atoms with Crippen molar-refractivity contribution in [3.63, 3.8) is 0 Å². The number of aromatic nitrogens is 3. The van der Waals surface area contributed by atoms with Crippen LogP contribution in [0.4, 0.5) is 10.5 Å². The summed E-state index contributed by atoms with van der Waals surface area (Å²) >= 11 is 0. The third kappa shape index (κ3) is 4.87. The van der Waals surface area contributed by atoms with Crippen molar-refractivity contribution >= 4 is 28.8 Å². The van der Waals surface area contributed by atoms with Gasteiger partial charge < -0.3 is 13.9 Å². The summed E-state index contributed by atoms with van der Waals surface area (Å²) in [7, 11) is 1.83. The third-order valence-corrected chi connectivity index (χ3v) is 4.76. The number of carbonyl (C=O) groups excluding carboxylic acids is 2. The molecule has 3 rings (SSSR count).